The molecule has 0 saturated carbocycles. The fourth-order valence-corrected chi connectivity index (χ4v) is 2.93. The van der Waals surface area contributed by atoms with Crippen molar-refractivity contribution in [1.29, 1.82) is 0 Å². The van der Waals surface area contributed by atoms with E-state index in [0.717, 1.165) is 33.6 Å². The molecule has 0 bridgehead atoms. The Morgan fingerprint density at radius 2 is 1.55 bits per heavy atom. The lowest BCUT2D eigenvalue weighted by molar-refractivity contribution is 0.0697. The molecule has 2 aromatic heterocycles. The van der Waals surface area contributed by atoms with Crippen LogP contribution in [0.1, 0.15) is 29.9 Å². The number of benzene rings is 2. The van der Waals surface area contributed by atoms with Crippen LogP contribution in [0.15, 0.2) is 77.6 Å². The zero-order valence-electron chi connectivity index (χ0n) is 16.6. The van der Waals surface area contributed by atoms with Crippen LogP contribution in [-0.2, 0) is 0 Å². The summed E-state index contributed by atoms with van der Waals surface area (Å²) in [4.78, 5) is 20.5. The third-order valence-electron chi connectivity index (χ3n) is 4.23. The highest BCUT2D eigenvalue weighted by Crippen LogP contribution is 2.27. The van der Waals surface area contributed by atoms with Gasteiger partial charge < -0.3 is 9.52 Å². The molecule has 0 unspecified atom stereocenters. The van der Waals surface area contributed by atoms with Crippen LogP contribution in [0, 0.1) is 6.92 Å². The molecule has 0 saturated heterocycles. The van der Waals surface area contributed by atoms with Gasteiger partial charge >= 0.3 is 5.97 Å². The summed E-state index contributed by atoms with van der Waals surface area (Å²) in [6.07, 6.45) is 3.27. The van der Waals surface area contributed by atoms with Gasteiger partial charge in [0.1, 0.15) is 0 Å². The number of nitrogens with zero attached hydrogens (tertiary/aromatic N) is 2. The molecule has 29 heavy (non-hydrogen) atoms. The Labute approximate surface area is 169 Å². The fourth-order valence-electron chi connectivity index (χ4n) is 2.93. The highest BCUT2D eigenvalue weighted by Gasteiger charge is 2.10. The quantitative estimate of drug-likeness (QED) is 0.458. The smallest absolute Gasteiger partial charge is 0.335 e. The van der Waals surface area contributed by atoms with Gasteiger partial charge in [0.25, 0.3) is 0 Å². The van der Waals surface area contributed by atoms with Crippen molar-refractivity contribution in [3.8, 4) is 33.8 Å². The molecule has 0 aliphatic carbocycles. The largest absolute Gasteiger partial charge is 0.478 e. The zero-order valence-corrected chi connectivity index (χ0v) is 16.6. The number of rotatable bonds is 4. The fraction of sp³-hybridized carbons (Fsp3) is 0.125. The Balaban J connectivity index is 0.00000117. The topological polar surface area (TPSA) is 76.2 Å². The van der Waals surface area contributed by atoms with E-state index in [0.29, 0.717) is 5.82 Å². The summed E-state index contributed by atoms with van der Waals surface area (Å²) in [7, 11) is 0. The average molecular weight is 386 g/mol. The van der Waals surface area contributed by atoms with E-state index in [2.05, 4.69) is 9.97 Å². The number of aromatic nitrogens is 2. The van der Waals surface area contributed by atoms with Gasteiger partial charge in [-0.2, -0.15) is 0 Å². The molecule has 2 heterocycles. The first-order chi connectivity index (χ1) is 14.1. The Hall–Kier alpha value is -3.73. The van der Waals surface area contributed by atoms with E-state index in [4.69, 9.17) is 4.42 Å². The number of carboxylic acids is 1. The second-order valence-electron chi connectivity index (χ2n) is 6.20. The average Bonchev–Trinajstić information content (AvgIpc) is 3.30. The molecule has 0 atom stereocenters. The minimum atomic E-state index is -0.945. The first-order valence-corrected chi connectivity index (χ1v) is 9.42. The van der Waals surface area contributed by atoms with Gasteiger partial charge in [0, 0.05) is 16.8 Å². The van der Waals surface area contributed by atoms with Crippen molar-refractivity contribution in [2.45, 2.75) is 20.8 Å². The summed E-state index contributed by atoms with van der Waals surface area (Å²) in [5, 5.41) is 9.21. The van der Waals surface area contributed by atoms with Crippen molar-refractivity contribution in [2.24, 2.45) is 0 Å². The molecule has 0 spiro atoms. The Bertz CT molecular complexity index is 1120. The van der Waals surface area contributed by atoms with Crippen LogP contribution >= 0.6 is 0 Å². The lowest BCUT2D eigenvalue weighted by Gasteiger charge is -2.08. The van der Waals surface area contributed by atoms with Gasteiger partial charge in [0.15, 0.2) is 5.82 Å². The predicted molar refractivity (Wildman–Crippen MR) is 114 cm³/mol. The standard InChI is InChI=1S/C22H16N2O3.C2H6/c1-14-10-20(19-8-9-27-13-19)24-21(23-14)17-6-2-4-15(11-17)16-5-3-7-18(12-16)22(25)26;1-2/h2-13H,1H3,(H,25,26);1-2H3. The van der Waals surface area contributed by atoms with Crippen LogP contribution in [0.25, 0.3) is 33.8 Å². The minimum Gasteiger partial charge on any atom is -0.478 e. The molecule has 1 N–H and O–H groups in total. The summed E-state index contributed by atoms with van der Waals surface area (Å²) in [6.45, 7) is 5.93. The number of furan rings is 1. The molecule has 5 nitrogen and oxygen atoms in total. The minimum absolute atomic E-state index is 0.256. The molecule has 4 aromatic rings. The number of carboxylic acid groups (broad SMARTS) is 1. The second kappa shape index (κ2) is 8.97. The normalized spacial score (nSPS) is 10.2. The summed E-state index contributed by atoms with van der Waals surface area (Å²) in [6, 6.07) is 18.4. The third kappa shape index (κ3) is 4.58. The SMILES string of the molecule is CC.Cc1cc(-c2ccoc2)nc(-c2cccc(-c3cccc(C(=O)O)c3)c2)n1. The van der Waals surface area contributed by atoms with Gasteiger partial charge in [-0.15, -0.1) is 0 Å². The molecule has 0 aliphatic heterocycles. The van der Waals surface area contributed by atoms with Crippen molar-refractivity contribution in [3.05, 3.63) is 84.4 Å². The Kier molecular flexibility index (Phi) is 6.19. The predicted octanol–water partition coefficient (Wildman–Crippen LogP) is 6.10. The van der Waals surface area contributed by atoms with Crippen LogP contribution < -0.4 is 0 Å². The number of aromatic carboxylic acids is 1. The van der Waals surface area contributed by atoms with Gasteiger partial charge in [-0.3, -0.25) is 0 Å². The summed E-state index contributed by atoms with van der Waals surface area (Å²) in [5.74, 6) is -0.331. The number of hydrogen-bond donors (Lipinski definition) is 1. The highest BCUT2D eigenvalue weighted by molar-refractivity contribution is 5.89. The molecular formula is C24H22N2O3. The lowest BCUT2D eigenvalue weighted by Crippen LogP contribution is -1.96. The Morgan fingerprint density at radius 1 is 0.862 bits per heavy atom. The molecule has 5 heteroatoms. The van der Waals surface area contributed by atoms with Gasteiger partial charge in [-0.05, 0) is 48.4 Å². The van der Waals surface area contributed by atoms with Crippen LogP contribution in [0.2, 0.25) is 0 Å². The van der Waals surface area contributed by atoms with Crippen LogP contribution in [0.5, 0.6) is 0 Å². The van der Waals surface area contributed by atoms with Gasteiger partial charge in [-0.25, -0.2) is 14.8 Å². The first-order valence-electron chi connectivity index (χ1n) is 9.42. The van der Waals surface area contributed by atoms with Gasteiger partial charge in [-0.1, -0.05) is 44.2 Å². The molecule has 2 aromatic carbocycles. The van der Waals surface area contributed by atoms with E-state index >= 15 is 0 Å². The zero-order chi connectivity index (χ0) is 20.8. The molecule has 4 rings (SSSR count). The number of hydrogen-bond acceptors (Lipinski definition) is 4. The van der Waals surface area contributed by atoms with E-state index in [1.54, 1.807) is 30.7 Å². The van der Waals surface area contributed by atoms with Crippen LogP contribution in [0.4, 0.5) is 0 Å². The molecule has 0 aliphatic rings. The van der Waals surface area contributed by atoms with E-state index in [1.165, 1.54) is 0 Å². The first kappa shape index (κ1) is 20.0. The molecule has 146 valence electrons. The summed E-state index contributed by atoms with van der Waals surface area (Å²) >= 11 is 0. The maximum atomic E-state index is 11.2. The van der Waals surface area contributed by atoms with E-state index in [9.17, 15) is 9.90 Å². The third-order valence-corrected chi connectivity index (χ3v) is 4.23. The second-order valence-corrected chi connectivity index (χ2v) is 6.20. The van der Waals surface area contributed by atoms with Crippen molar-refractivity contribution in [3.63, 3.8) is 0 Å². The maximum Gasteiger partial charge on any atom is 0.335 e. The Morgan fingerprint density at radius 3 is 2.24 bits per heavy atom. The molecule has 0 radical (unpaired) electrons. The molecule has 0 amide bonds. The van der Waals surface area contributed by atoms with Crippen molar-refractivity contribution >= 4 is 5.97 Å². The number of carbonyl (C=O) groups is 1. The summed E-state index contributed by atoms with van der Waals surface area (Å²) < 4.78 is 5.15. The van der Waals surface area contributed by atoms with Crippen molar-refractivity contribution < 1.29 is 14.3 Å². The molecule has 0 fully saturated rings. The highest BCUT2D eigenvalue weighted by atomic mass is 16.4. The van der Waals surface area contributed by atoms with Crippen LogP contribution in [-0.4, -0.2) is 21.0 Å². The molecular weight excluding hydrogens is 364 g/mol. The van der Waals surface area contributed by atoms with E-state index < -0.39 is 5.97 Å². The van der Waals surface area contributed by atoms with E-state index in [1.807, 2.05) is 63.2 Å². The van der Waals surface area contributed by atoms with Gasteiger partial charge in [0.2, 0.25) is 0 Å². The summed E-state index contributed by atoms with van der Waals surface area (Å²) in [5.41, 5.74) is 5.41. The van der Waals surface area contributed by atoms with Crippen molar-refractivity contribution in [2.75, 3.05) is 0 Å². The van der Waals surface area contributed by atoms with Gasteiger partial charge in [0.05, 0.1) is 23.8 Å². The monoisotopic (exact) mass is 386 g/mol. The van der Waals surface area contributed by atoms with E-state index in [-0.39, 0.29) is 5.56 Å². The maximum absolute atomic E-state index is 11.2. The lowest BCUT2D eigenvalue weighted by atomic mass is 10.0. The van der Waals surface area contributed by atoms with Crippen molar-refractivity contribution in [1.82, 2.24) is 9.97 Å². The van der Waals surface area contributed by atoms with Crippen LogP contribution in [0.3, 0.4) is 0 Å². The number of aryl methyl sites for hydroxylation is 1.